The normalized spacial score (nSPS) is 14.6. The minimum absolute atomic E-state index is 0.139. The number of amides is 1. The Balaban J connectivity index is 0.000000131. The quantitative estimate of drug-likeness (QED) is 0.803. The van der Waals surface area contributed by atoms with Gasteiger partial charge < -0.3 is 10.2 Å². The number of hydrogen-bond donors (Lipinski definition) is 1. The molecule has 0 radical (unpaired) electrons. The maximum Gasteiger partial charge on any atom is 0.223 e. The highest BCUT2D eigenvalue weighted by Gasteiger charge is 2.20. The zero-order chi connectivity index (χ0) is 14.7. The van der Waals surface area contributed by atoms with Gasteiger partial charge in [0.1, 0.15) is 0 Å². The number of rotatable bonds is 0. The molecule has 0 saturated carbocycles. The van der Waals surface area contributed by atoms with Gasteiger partial charge in [-0.2, -0.15) is 0 Å². The van der Waals surface area contributed by atoms with Crippen molar-refractivity contribution in [1.82, 2.24) is 0 Å². The van der Waals surface area contributed by atoms with Gasteiger partial charge in [-0.3, -0.25) is 4.79 Å². The summed E-state index contributed by atoms with van der Waals surface area (Å²) in [7, 11) is 0. The van der Waals surface area contributed by atoms with Gasteiger partial charge >= 0.3 is 0 Å². The average Bonchev–Trinajstić information content (AvgIpc) is 3.14. The molecule has 0 bridgehead atoms. The summed E-state index contributed by atoms with van der Waals surface area (Å²) in [4.78, 5) is 13.0. The van der Waals surface area contributed by atoms with Crippen molar-refractivity contribution in [3.8, 4) is 0 Å². The Morgan fingerprint density at radius 1 is 1.00 bits per heavy atom. The van der Waals surface area contributed by atoms with Gasteiger partial charge in [0.05, 0.1) is 0 Å². The van der Waals surface area contributed by atoms with Crippen LogP contribution in [0.5, 0.6) is 0 Å². The van der Waals surface area contributed by atoms with Crippen LogP contribution >= 0.6 is 0 Å². The summed E-state index contributed by atoms with van der Waals surface area (Å²) in [5, 5.41) is 3.30. The number of carbonyl (C=O) groups is 1. The molecule has 2 aliphatic heterocycles. The van der Waals surface area contributed by atoms with Gasteiger partial charge in [-0.1, -0.05) is 36.4 Å². The topological polar surface area (TPSA) is 32.3 Å². The van der Waals surface area contributed by atoms with Crippen molar-refractivity contribution in [3.63, 3.8) is 0 Å². The molecule has 0 fully saturated rings. The lowest BCUT2D eigenvalue weighted by Crippen LogP contribution is -2.25. The van der Waals surface area contributed by atoms with Gasteiger partial charge in [-0.05, 0) is 36.1 Å². The fourth-order valence-corrected chi connectivity index (χ4v) is 2.91. The molecule has 2 heterocycles. The Hall–Kier alpha value is -2.29. The average molecular weight is 280 g/mol. The Kier molecular flexibility index (Phi) is 3.91. The van der Waals surface area contributed by atoms with E-state index >= 15 is 0 Å². The second-order valence-electron chi connectivity index (χ2n) is 5.38. The monoisotopic (exact) mass is 280 g/mol. The standard InChI is InChI=1S/C10H11NO.C8H9N/c1-8(12)11-7-6-9-4-2-3-5-10(9)11;1-2-4-8-7(3-1)5-6-9-8/h2-5H,6-7H2,1H3;1-4,9H,5-6H2. The fraction of sp³-hybridized carbons (Fsp3) is 0.278. The van der Waals surface area contributed by atoms with E-state index in [0.717, 1.165) is 25.2 Å². The lowest BCUT2D eigenvalue weighted by Gasteiger charge is -2.13. The van der Waals surface area contributed by atoms with Crippen LogP contribution < -0.4 is 10.2 Å². The number of hydrogen-bond acceptors (Lipinski definition) is 2. The highest BCUT2D eigenvalue weighted by atomic mass is 16.2. The number of anilines is 2. The third kappa shape index (κ3) is 2.92. The molecule has 0 aromatic heterocycles. The minimum atomic E-state index is 0.139. The summed E-state index contributed by atoms with van der Waals surface area (Å²) >= 11 is 0. The molecule has 108 valence electrons. The van der Waals surface area contributed by atoms with E-state index in [1.54, 1.807) is 6.92 Å². The fourth-order valence-electron chi connectivity index (χ4n) is 2.91. The predicted molar refractivity (Wildman–Crippen MR) is 86.8 cm³/mol. The van der Waals surface area contributed by atoms with E-state index < -0.39 is 0 Å². The molecule has 2 aliphatic rings. The van der Waals surface area contributed by atoms with Gasteiger partial charge in [-0.25, -0.2) is 0 Å². The van der Waals surface area contributed by atoms with Crippen LogP contribution in [0.15, 0.2) is 48.5 Å². The van der Waals surface area contributed by atoms with Gasteiger partial charge in [0, 0.05) is 31.4 Å². The molecular formula is C18H20N2O. The third-order valence-corrected chi connectivity index (χ3v) is 3.99. The van der Waals surface area contributed by atoms with Crippen LogP contribution in [-0.4, -0.2) is 19.0 Å². The van der Waals surface area contributed by atoms with Crippen molar-refractivity contribution in [3.05, 3.63) is 59.7 Å². The molecule has 0 spiro atoms. The van der Waals surface area contributed by atoms with E-state index in [0.29, 0.717) is 0 Å². The first kappa shape index (κ1) is 13.7. The SMILES string of the molecule is CC(=O)N1CCc2ccccc21.c1ccc2c(c1)CCN2. The van der Waals surface area contributed by atoms with Gasteiger partial charge in [0.2, 0.25) is 5.91 Å². The van der Waals surface area contributed by atoms with E-state index in [2.05, 4.69) is 35.6 Å². The van der Waals surface area contributed by atoms with Crippen molar-refractivity contribution >= 4 is 17.3 Å². The Bertz CT molecular complexity index is 628. The molecule has 0 atom stereocenters. The Labute approximate surface area is 125 Å². The molecule has 1 amide bonds. The third-order valence-electron chi connectivity index (χ3n) is 3.99. The van der Waals surface area contributed by atoms with Crippen molar-refractivity contribution in [2.24, 2.45) is 0 Å². The van der Waals surface area contributed by atoms with E-state index in [9.17, 15) is 4.79 Å². The summed E-state index contributed by atoms with van der Waals surface area (Å²) in [6.45, 7) is 3.57. The van der Waals surface area contributed by atoms with Crippen molar-refractivity contribution in [1.29, 1.82) is 0 Å². The molecule has 0 aliphatic carbocycles. The maximum absolute atomic E-state index is 11.1. The number of carbonyl (C=O) groups excluding carboxylic acids is 1. The van der Waals surface area contributed by atoms with Crippen LogP contribution in [0.2, 0.25) is 0 Å². The van der Waals surface area contributed by atoms with E-state index in [1.807, 2.05) is 23.1 Å². The lowest BCUT2D eigenvalue weighted by atomic mass is 10.2. The summed E-state index contributed by atoms with van der Waals surface area (Å²) in [5.41, 5.74) is 5.15. The first-order valence-electron chi connectivity index (χ1n) is 7.43. The zero-order valence-corrected chi connectivity index (χ0v) is 12.3. The zero-order valence-electron chi connectivity index (χ0n) is 12.3. The van der Waals surface area contributed by atoms with Gasteiger partial charge in [0.15, 0.2) is 0 Å². The minimum Gasteiger partial charge on any atom is -0.384 e. The number of benzene rings is 2. The molecular weight excluding hydrogens is 260 g/mol. The molecule has 4 rings (SSSR count). The van der Waals surface area contributed by atoms with E-state index in [-0.39, 0.29) is 5.91 Å². The number of nitrogens with zero attached hydrogens (tertiary/aromatic N) is 1. The van der Waals surface area contributed by atoms with Crippen molar-refractivity contribution < 1.29 is 4.79 Å². The Morgan fingerprint density at radius 2 is 1.71 bits per heavy atom. The van der Waals surface area contributed by atoms with Crippen molar-refractivity contribution in [2.75, 3.05) is 23.3 Å². The van der Waals surface area contributed by atoms with E-state index in [4.69, 9.17) is 0 Å². The maximum atomic E-state index is 11.1. The highest BCUT2D eigenvalue weighted by Crippen LogP contribution is 2.27. The van der Waals surface area contributed by atoms with Crippen LogP contribution in [0.3, 0.4) is 0 Å². The molecule has 3 heteroatoms. The summed E-state index contributed by atoms with van der Waals surface area (Å²) < 4.78 is 0. The molecule has 21 heavy (non-hydrogen) atoms. The van der Waals surface area contributed by atoms with Crippen LogP contribution in [0.4, 0.5) is 11.4 Å². The second kappa shape index (κ2) is 6.00. The van der Waals surface area contributed by atoms with Crippen LogP contribution in [0.25, 0.3) is 0 Å². The lowest BCUT2D eigenvalue weighted by molar-refractivity contribution is -0.116. The highest BCUT2D eigenvalue weighted by molar-refractivity contribution is 5.93. The number of fused-ring (bicyclic) bond motifs is 2. The Morgan fingerprint density at radius 3 is 2.48 bits per heavy atom. The largest absolute Gasteiger partial charge is 0.384 e. The smallest absolute Gasteiger partial charge is 0.223 e. The molecule has 0 unspecified atom stereocenters. The molecule has 1 N–H and O–H groups in total. The van der Waals surface area contributed by atoms with Crippen LogP contribution in [0, 0.1) is 0 Å². The molecule has 2 aromatic carbocycles. The first-order chi connectivity index (χ1) is 10.3. The van der Waals surface area contributed by atoms with Crippen LogP contribution in [-0.2, 0) is 17.6 Å². The summed E-state index contributed by atoms with van der Waals surface area (Å²) in [5.74, 6) is 0.139. The van der Waals surface area contributed by atoms with Crippen molar-refractivity contribution in [2.45, 2.75) is 19.8 Å². The summed E-state index contributed by atoms with van der Waals surface area (Å²) in [6.07, 6.45) is 2.19. The summed E-state index contributed by atoms with van der Waals surface area (Å²) in [6, 6.07) is 16.5. The van der Waals surface area contributed by atoms with Gasteiger partial charge in [-0.15, -0.1) is 0 Å². The second-order valence-corrected chi connectivity index (χ2v) is 5.38. The predicted octanol–water partition coefficient (Wildman–Crippen LogP) is 3.25. The molecule has 2 aromatic rings. The molecule has 0 saturated heterocycles. The van der Waals surface area contributed by atoms with E-state index in [1.165, 1.54) is 23.2 Å². The van der Waals surface area contributed by atoms with Crippen LogP contribution in [0.1, 0.15) is 18.1 Å². The number of para-hydroxylation sites is 2. The van der Waals surface area contributed by atoms with Gasteiger partial charge in [0.25, 0.3) is 0 Å². The number of nitrogens with one attached hydrogen (secondary N) is 1. The molecule has 3 nitrogen and oxygen atoms in total. The first-order valence-corrected chi connectivity index (χ1v) is 7.43.